The van der Waals surface area contributed by atoms with Gasteiger partial charge in [0, 0.05) is 0 Å². The Bertz CT molecular complexity index is 879. The summed E-state index contributed by atoms with van der Waals surface area (Å²) in [5, 5.41) is 18.6. The smallest absolute Gasteiger partial charge is 0.427 e. The van der Waals surface area contributed by atoms with Crippen molar-refractivity contribution in [2.24, 2.45) is 11.8 Å². The number of esters is 4. The summed E-state index contributed by atoms with van der Waals surface area (Å²) in [5.74, 6) is -7.21. The zero-order valence-corrected chi connectivity index (χ0v) is 22.8. The van der Waals surface area contributed by atoms with Gasteiger partial charge < -0.3 is 29.2 Å². The minimum atomic E-state index is -5.33. The predicted molar refractivity (Wildman–Crippen MR) is 121 cm³/mol. The van der Waals surface area contributed by atoms with Gasteiger partial charge in [-0.15, -0.1) is 0 Å². The standard InChI is InChI=1S/C24H34F6O10/c1-19(2,39-15(31)11-37-17(33)21(5,35)23(25,26)27)13-8-7-9-14(10-13)20(3,4)40-16(32)12-38-18(34)22(6,36)24(28,29)30/h13-14,35-36H,7-12H2,1-6H3. The first-order valence-corrected chi connectivity index (χ1v) is 12.1. The number of alkyl halides is 6. The maximum Gasteiger partial charge on any atom is 0.427 e. The van der Waals surface area contributed by atoms with Crippen molar-refractivity contribution < 1.29 is 74.7 Å². The quantitative estimate of drug-likeness (QED) is 0.219. The summed E-state index contributed by atoms with van der Waals surface area (Å²) in [6.45, 7) is 4.08. The van der Waals surface area contributed by atoms with Gasteiger partial charge in [0.2, 0.25) is 0 Å². The fraction of sp³-hybridized carbons (Fsp3) is 0.833. The zero-order chi connectivity index (χ0) is 31.5. The molecule has 0 aliphatic heterocycles. The van der Waals surface area contributed by atoms with E-state index in [2.05, 4.69) is 9.47 Å². The Morgan fingerprint density at radius 1 is 0.650 bits per heavy atom. The van der Waals surface area contributed by atoms with Gasteiger partial charge in [-0.3, -0.25) is 0 Å². The molecule has 10 nitrogen and oxygen atoms in total. The molecule has 0 aromatic heterocycles. The van der Waals surface area contributed by atoms with Gasteiger partial charge in [-0.25, -0.2) is 19.2 Å². The van der Waals surface area contributed by atoms with E-state index in [1.807, 2.05) is 0 Å². The van der Waals surface area contributed by atoms with E-state index in [0.717, 1.165) is 0 Å². The van der Waals surface area contributed by atoms with E-state index in [1.165, 1.54) is 27.7 Å². The largest absolute Gasteiger partial charge is 0.457 e. The molecule has 40 heavy (non-hydrogen) atoms. The molecule has 0 radical (unpaired) electrons. The van der Waals surface area contributed by atoms with Crippen LogP contribution in [0.4, 0.5) is 26.3 Å². The van der Waals surface area contributed by atoms with Gasteiger partial charge in [0.1, 0.15) is 11.2 Å². The van der Waals surface area contributed by atoms with Crippen LogP contribution >= 0.6 is 0 Å². The fourth-order valence-corrected chi connectivity index (χ4v) is 4.03. The Labute approximate surface area is 226 Å². The normalized spacial score (nSPS) is 21.9. The molecular formula is C24H34F6O10. The molecule has 232 valence electrons. The Balaban J connectivity index is 2.74. The van der Waals surface area contributed by atoms with Crippen LogP contribution in [0.5, 0.6) is 0 Å². The van der Waals surface area contributed by atoms with E-state index < -0.39 is 71.8 Å². The summed E-state index contributed by atoms with van der Waals surface area (Å²) in [6.07, 6.45) is -8.70. The molecule has 4 atom stereocenters. The summed E-state index contributed by atoms with van der Waals surface area (Å²) >= 11 is 0. The molecule has 16 heteroatoms. The Hall–Kier alpha value is -2.62. The van der Waals surface area contributed by atoms with Gasteiger partial charge >= 0.3 is 36.2 Å². The minimum Gasteiger partial charge on any atom is -0.457 e. The average Bonchev–Trinajstić information content (AvgIpc) is 2.78. The molecular weight excluding hydrogens is 562 g/mol. The Morgan fingerprint density at radius 2 is 0.950 bits per heavy atom. The minimum absolute atomic E-state index is 0.178. The highest BCUT2D eigenvalue weighted by Crippen LogP contribution is 2.43. The molecule has 0 heterocycles. The highest BCUT2D eigenvalue weighted by atomic mass is 19.4. The van der Waals surface area contributed by atoms with Crippen LogP contribution in [-0.2, 0) is 38.1 Å². The van der Waals surface area contributed by atoms with Crippen molar-refractivity contribution in [3.8, 4) is 0 Å². The van der Waals surface area contributed by atoms with Crippen LogP contribution in [0, 0.1) is 11.8 Å². The van der Waals surface area contributed by atoms with Gasteiger partial charge in [0.05, 0.1) is 0 Å². The SMILES string of the molecule is CC(C)(OC(=O)COC(=O)C(C)(O)C(F)(F)F)C1CCCC(C(C)(C)OC(=O)COC(=O)C(C)(O)C(F)(F)F)C1. The monoisotopic (exact) mass is 596 g/mol. The highest BCUT2D eigenvalue weighted by Gasteiger charge is 2.58. The summed E-state index contributed by atoms with van der Waals surface area (Å²) in [5.41, 5.74) is -10.1. The topological polar surface area (TPSA) is 146 Å². The van der Waals surface area contributed by atoms with Gasteiger partial charge in [-0.1, -0.05) is 6.42 Å². The van der Waals surface area contributed by atoms with E-state index in [9.17, 15) is 55.7 Å². The number of ether oxygens (including phenoxy) is 4. The number of rotatable bonds is 10. The van der Waals surface area contributed by atoms with Crippen molar-refractivity contribution in [1.29, 1.82) is 0 Å². The van der Waals surface area contributed by atoms with Crippen LogP contribution in [0.25, 0.3) is 0 Å². The number of carbonyl (C=O) groups excluding carboxylic acids is 4. The maximum atomic E-state index is 12.7. The molecule has 2 N–H and O–H groups in total. The van der Waals surface area contributed by atoms with Crippen molar-refractivity contribution in [2.75, 3.05) is 13.2 Å². The first-order chi connectivity index (χ1) is 17.8. The van der Waals surface area contributed by atoms with Gasteiger partial charge in [-0.05, 0) is 72.6 Å². The molecule has 0 bridgehead atoms. The first kappa shape index (κ1) is 35.4. The molecule has 0 aromatic carbocycles. The Morgan fingerprint density at radius 3 is 1.23 bits per heavy atom. The van der Waals surface area contributed by atoms with E-state index in [0.29, 0.717) is 25.7 Å². The fourth-order valence-electron chi connectivity index (χ4n) is 4.03. The van der Waals surface area contributed by atoms with Crippen LogP contribution in [-0.4, -0.2) is 82.1 Å². The van der Waals surface area contributed by atoms with Crippen molar-refractivity contribution >= 4 is 23.9 Å². The summed E-state index contributed by atoms with van der Waals surface area (Å²) in [6, 6.07) is 0. The lowest BCUT2D eigenvalue weighted by Crippen LogP contribution is -2.51. The maximum absolute atomic E-state index is 12.7. The van der Waals surface area contributed by atoms with Crippen LogP contribution in [0.2, 0.25) is 0 Å². The van der Waals surface area contributed by atoms with Crippen LogP contribution < -0.4 is 0 Å². The van der Waals surface area contributed by atoms with Crippen molar-refractivity contribution in [1.82, 2.24) is 0 Å². The second kappa shape index (κ2) is 12.1. The summed E-state index contributed by atoms with van der Waals surface area (Å²) in [4.78, 5) is 47.5. The number of hydrogen-bond donors (Lipinski definition) is 2. The Kier molecular flexibility index (Phi) is 10.7. The van der Waals surface area contributed by atoms with E-state index in [4.69, 9.17) is 9.47 Å². The van der Waals surface area contributed by atoms with E-state index in [1.54, 1.807) is 0 Å². The molecule has 0 saturated heterocycles. The molecule has 4 unspecified atom stereocenters. The third-order valence-electron chi connectivity index (χ3n) is 6.94. The lowest BCUT2D eigenvalue weighted by molar-refractivity contribution is -0.257. The van der Waals surface area contributed by atoms with E-state index >= 15 is 0 Å². The molecule has 0 spiro atoms. The third kappa shape index (κ3) is 8.69. The second-order valence-electron chi connectivity index (χ2n) is 11.0. The number of carbonyl (C=O) groups is 4. The molecule has 1 fully saturated rings. The van der Waals surface area contributed by atoms with Gasteiger partial charge in [-0.2, -0.15) is 26.3 Å². The number of aliphatic hydroxyl groups is 2. The van der Waals surface area contributed by atoms with Crippen LogP contribution in [0.15, 0.2) is 0 Å². The predicted octanol–water partition coefficient (Wildman–Crippen LogP) is 3.15. The van der Waals surface area contributed by atoms with Crippen molar-refractivity contribution in [3.63, 3.8) is 0 Å². The summed E-state index contributed by atoms with van der Waals surface area (Å²) in [7, 11) is 0. The highest BCUT2D eigenvalue weighted by molar-refractivity contribution is 5.83. The van der Waals surface area contributed by atoms with Gasteiger partial charge in [0.25, 0.3) is 11.2 Å². The van der Waals surface area contributed by atoms with Crippen LogP contribution in [0.3, 0.4) is 0 Å². The first-order valence-electron chi connectivity index (χ1n) is 12.1. The van der Waals surface area contributed by atoms with Gasteiger partial charge in [0.15, 0.2) is 13.2 Å². The third-order valence-corrected chi connectivity index (χ3v) is 6.94. The molecule has 0 amide bonds. The average molecular weight is 597 g/mol. The molecule has 1 saturated carbocycles. The van der Waals surface area contributed by atoms with E-state index in [-0.39, 0.29) is 25.7 Å². The molecule has 0 aromatic rings. The molecule has 1 aliphatic rings. The number of hydrogen-bond acceptors (Lipinski definition) is 10. The second-order valence-corrected chi connectivity index (χ2v) is 11.0. The summed E-state index contributed by atoms with van der Waals surface area (Å²) < 4.78 is 95.6. The molecule has 1 aliphatic carbocycles. The molecule has 1 rings (SSSR count). The number of halogens is 6. The lowest BCUT2D eigenvalue weighted by atomic mass is 9.69. The van der Waals surface area contributed by atoms with Crippen LogP contribution in [0.1, 0.15) is 67.2 Å². The lowest BCUT2D eigenvalue weighted by Gasteiger charge is -2.44. The van der Waals surface area contributed by atoms with Crippen molar-refractivity contribution in [3.05, 3.63) is 0 Å². The van der Waals surface area contributed by atoms with Crippen molar-refractivity contribution in [2.45, 2.75) is 102 Å². The zero-order valence-electron chi connectivity index (χ0n) is 22.8.